The summed E-state index contributed by atoms with van der Waals surface area (Å²) < 4.78 is 18.5. The summed E-state index contributed by atoms with van der Waals surface area (Å²) in [4.78, 5) is 6.36. The molecule has 264 valence electrons. The van der Waals surface area contributed by atoms with Gasteiger partial charge >= 0.3 is 0 Å². The zero-order valence-corrected chi connectivity index (χ0v) is 29.5. The van der Waals surface area contributed by atoms with Crippen molar-refractivity contribution in [3.63, 3.8) is 0 Å². The van der Waals surface area contributed by atoms with Crippen molar-refractivity contribution < 1.29 is 29.5 Å². The molecule has 0 aliphatic carbocycles. The van der Waals surface area contributed by atoms with Gasteiger partial charge in [0.05, 0.1) is 47.6 Å². The van der Waals surface area contributed by atoms with E-state index >= 15 is 0 Å². The highest BCUT2D eigenvalue weighted by Crippen LogP contribution is 2.38. The molecule has 4 aromatic rings. The van der Waals surface area contributed by atoms with Crippen LogP contribution in [0.5, 0.6) is 17.2 Å². The number of hydrogen-bond donors (Lipinski definition) is 4. The van der Waals surface area contributed by atoms with Gasteiger partial charge in [-0.25, -0.2) is 0 Å². The Morgan fingerprint density at radius 3 is 2.50 bits per heavy atom. The third-order valence-electron chi connectivity index (χ3n) is 8.62. The summed E-state index contributed by atoms with van der Waals surface area (Å²) >= 11 is 13.7. The van der Waals surface area contributed by atoms with Crippen molar-refractivity contribution in [2.75, 3.05) is 39.5 Å². The van der Waals surface area contributed by atoms with Crippen molar-refractivity contribution in [3.05, 3.63) is 105 Å². The summed E-state index contributed by atoms with van der Waals surface area (Å²) in [5.41, 5.74) is 5.38. The molecule has 1 saturated heterocycles. The highest BCUT2D eigenvalue weighted by Gasteiger charge is 2.20. The number of ether oxygens (including phenoxy) is 3. The lowest BCUT2D eigenvalue weighted by atomic mass is 9.98. The van der Waals surface area contributed by atoms with E-state index in [0.29, 0.717) is 44.8 Å². The Morgan fingerprint density at radius 2 is 1.74 bits per heavy atom. The van der Waals surface area contributed by atoms with Gasteiger partial charge in [0.15, 0.2) is 0 Å². The van der Waals surface area contributed by atoms with E-state index in [1.54, 1.807) is 24.4 Å². The third-order valence-corrected chi connectivity index (χ3v) is 9.36. The highest BCUT2D eigenvalue weighted by molar-refractivity contribution is 6.34. The summed E-state index contributed by atoms with van der Waals surface area (Å²) in [6, 6.07) is 18.4. The predicted octanol–water partition coefficient (Wildman–Crippen LogP) is 5.67. The Labute approximate surface area is 302 Å². The van der Waals surface area contributed by atoms with Crippen LogP contribution in [-0.2, 0) is 19.8 Å². The van der Waals surface area contributed by atoms with Gasteiger partial charge < -0.3 is 39.7 Å². The maximum atomic E-state index is 9.77. The summed E-state index contributed by atoms with van der Waals surface area (Å²) in [6.07, 6.45) is 4.58. The summed E-state index contributed by atoms with van der Waals surface area (Å²) in [5.74, 6) is 1.65. The first-order valence-electron chi connectivity index (χ1n) is 16.6. The minimum Gasteiger partial charge on any atom is -0.493 e. The number of hydrogen-bond acceptors (Lipinski definition) is 10. The zero-order valence-electron chi connectivity index (χ0n) is 27.9. The molecule has 12 heteroatoms. The van der Waals surface area contributed by atoms with Gasteiger partial charge in [-0.05, 0) is 49.1 Å². The number of benzene rings is 3. The molecule has 10 nitrogen and oxygen atoms in total. The Hall–Kier alpha value is -3.92. The number of nitrogens with one attached hydrogen (secondary N) is 1. The van der Waals surface area contributed by atoms with Crippen LogP contribution < -0.4 is 19.5 Å². The van der Waals surface area contributed by atoms with E-state index in [9.17, 15) is 20.6 Å². The molecule has 0 saturated carbocycles. The van der Waals surface area contributed by atoms with E-state index in [2.05, 4.69) is 21.3 Å². The van der Waals surface area contributed by atoms with E-state index in [4.69, 9.17) is 37.4 Å². The third kappa shape index (κ3) is 9.86. The van der Waals surface area contributed by atoms with Gasteiger partial charge in [0.2, 0.25) is 0 Å². The lowest BCUT2D eigenvalue weighted by Crippen LogP contribution is -2.35. The largest absolute Gasteiger partial charge is 0.493 e. The average molecular weight is 722 g/mol. The SMILES string of the molecule is Cc1c(OCCCN2CCC(O)C2)cccc1-c1cccc(COc2cc(OCc3cncc(C#N)c3)c(CNC(CO)CO)cc2Cl)c1Cl. The number of β-amino-alcohol motifs (C(OH)–C–C–N with tert-alkyl or cyclic N) is 1. The van der Waals surface area contributed by atoms with E-state index in [1.165, 1.54) is 6.20 Å². The molecule has 0 spiro atoms. The standard InChI is InChI=1S/C38H42Cl2N4O6/c1-25-32(6-3-8-35(25)48-12-4-10-44-11-9-31(47)20-44)33-7-2-5-28(38(33)40)24-50-37-15-36(49-23-27-13-26(16-41)17-42-18-27)29(14-34(37)39)19-43-30(21-45)22-46/h2-3,5-8,13-15,17-18,30-31,43,45-47H,4,9-12,19-24H2,1H3. The molecule has 0 amide bonds. The summed E-state index contributed by atoms with van der Waals surface area (Å²) in [5, 5.41) is 42.1. The summed E-state index contributed by atoms with van der Waals surface area (Å²) in [7, 11) is 0. The average Bonchev–Trinajstić information content (AvgIpc) is 3.55. The van der Waals surface area contributed by atoms with Crippen molar-refractivity contribution in [2.24, 2.45) is 0 Å². The number of pyridine rings is 1. The number of nitrogens with zero attached hydrogens (tertiary/aromatic N) is 3. The molecule has 1 atom stereocenters. The second-order valence-corrected chi connectivity index (χ2v) is 13.0. The van der Waals surface area contributed by atoms with Crippen LogP contribution in [0.1, 0.15) is 40.7 Å². The molecular weight excluding hydrogens is 679 g/mol. The molecule has 1 aliphatic rings. The van der Waals surface area contributed by atoms with E-state index in [1.807, 2.05) is 43.3 Å². The van der Waals surface area contributed by atoms with Crippen LogP contribution in [0.25, 0.3) is 11.1 Å². The Morgan fingerprint density at radius 1 is 0.960 bits per heavy atom. The van der Waals surface area contributed by atoms with E-state index in [0.717, 1.165) is 60.5 Å². The molecular formula is C38H42Cl2N4O6. The minimum atomic E-state index is -0.519. The fraction of sp³-hybridized carbons (Fsp3) is 0.368. The Kier molecular flexibility index (Phi) is 13.7. The van der Waals surface area contributed by atoms with Crippen molar-refractivity contribution in [1.82, 2.24) is 15.2 Å². The summed E-state index contributed by atoms with van der Waals surface area (Å²) in [6.45, 7) is 5.19. The number of likely N-dealkylation sites (tertiary alicyclic amines) is 1. The lowest BCUT2D eigenvalue weighted by molar-refractivity contribution is 0.169. The van der Waals surface area contributed by atoms with Gasteiger partial charge in [0.1, 0.15) is 36.5 Å². The van der Waals surface area contributed by atoms with Crippen LogP contribution in [0, 0.1) is 18.3 Å². The number of halogens is 2. The molecule has 4 N–H and O–H groups in total. The van der Waals surface area contributed by atoms with Gasteiger partial charge in [0, 0.05) is 66.9 Å². The van der Waals surface area contributed by atoms with Crippen LogP contribution >= 0.6 is 23.2 Å². The molecule has 50 heavy (non-hydrogen) atoms. The smallest absolute Gasteiger partial charge is 0.142 e. The first-order valence-corrected chi connectivity index (χ1v) is 17.3. The first-order chi connectivity index (χ1) is 24.3. The molecule has 0 bridgehead atoms. The van der Waals surface area contributed by atoms with Gasteiger partial charge in [-0.15, -0.1) is 0 Å². The topological polar surface area (TPSA) is 140 Å². The number of aliphatic hydroxyl groups excluding tert-OH is 3. The van der Waals surface area contributed by atoms with E-state index < -0.39 is 6.04 Å². The Balaban J connectivity index is 1.30. The van der Waals surface area contributed by atoms with Gasteiger partial charge in [-0.2, -0.15) is 5.26 Å². The second-order valence-electron chi connectivity index (χ2n) is 12.3. The quantitative estimate of drug-likeness (QED) is 0.101. The number of rotatable bonds is 17. The molecule has 0 radical (unpaired) electrons. The zero-order chi connectivity index (χ0) is 35.5. The number of aliphatic hydroxyl groups is 3. The van der Waals surface area contributed by atoms with Crippen molar-refractivity contribution >= 4 is 23.2 Å². The second kappa shape index (κ2) is 18.4. The maximum absolute atomic E-state index is 9.77. The fourth-order valence-corrected chi connectivity index (χ4v) is 6.32. The van der Waals surface area contributed by atoms with Crippen LogP contribution in [0.3, 0.4) is 0 Å². The fourth-order valence-electron chi connectivity index (χ4n) is 5.79. The van der Waals surface area contributed by atoms with Crippen molar-refractivity contribution in [2.45, 2.75) is 51.7 Å². The molecule has 1 fully saturated rings. The van der Waals surface area contributed by atoms with Crippen molar-refractivity contribution in [3.8, 4) is 34.4 Å². The monoisotopic (exact) mass is 720 g/mol. The van der Waals surface area contributed by atoms with Crippen LogP contribution in [0.4, 0.5) is 0 Å². The normalized spacial score (nSPS) is 14.6. The highest BCUT2D eigenvalue weighted by atomic mass is 35.5. The molecule has 5 rings (SSSR count). The Bertz CT molecular complexity index is 1780. The molecule has 1 aromatic heterocycles. The number of nitriles is 1. The van der Waals surface area contributed by atoms with Crippen molar-refractivity contribution in [1.29, 1.82) is 5.26 Å². The lowest BCUT2D eigenvalue weighted by Gasteiger charge is -2.19. The van der Waals surface area contributed by atoms with Crippen LogP contribution in [0.2, 0.25) is 10.0 Å². The number of aromatic nitrogens is 1. The molecule has 1 aliphatic heterocycles. The van der Waals surface area contributed by atoms with Gasteiger partial charge in [-0.1, -0.05) is 53.5 Å². The molecule has 2 heterocycles. The van der Waals surface area contributed by atoms with Gasteiger partial charge in [0.25, 0.3) is 0 Å². The maximum Gasteiger partial charge on any atom is 0.142 e. The first kappa shape index (κ1) is 37.3. The molecule has 3 aromatic carbocycles. The van der Waals surface area contributed by atoms with E-state index in [-0.39, 0.29) is 39.1 Å². The predicted molar refractivity (Wildman–Crippen MR) is 193 cm³/mol. The van der Waals surface area contributed by atoms with Crippen LogP contribution in [0.15, 0.2) is 67.0 Å². The van der Waals surface area contributed by atoms with Gasteiger partial charge in [-0.3, -0.25) is 4.98 Å². The minimum absolute atomic E-state index is 0.134. The van der Waals surface area contributed by atoms with Crippen LogP contribution in [-0.4, -0.2) is 76.8 Å². The molecule has 1 unspecified atom stereocenters.